The molecule has 0 spiro atoms. The van der Waals surface area contributed by atoms with Crippen molar-refractivity contribution in [2.45, 2.75) is 17.7 Å². The van der Waals surface area contributed by atoms with Gasteiger partial charge in [-0.15, -0.1) is 0 Å². The van der Waals surface area contributed by atoms with Gasteiger partial charge in [-0.05, 0) is 50.2 Å². The maximum atomic E-state index is 12.3. The average molecular weight is 303 g/mol. The molecule has 0 N–H and O–H groups in total. The monoisotopic (exact) mass is 302 g/mol. The van der Waals surface area contributed by atoms with E-state index in [0.29, 0.717) is 16.5 Å². The largest absolute Gasteiger partial charge is 0.302 e. The van der Waals surface area contributed by atoms with Gasteiger partial charge in [0.1, 0.15) is 0 Å². The number of likely N-dealkylation sites (tertiary alicyclic amines) is 1. The lowest BCUT2D eigenvalue weighted by atomic mass is 10.4. The highest BCUT2D eigenvalue weighted by molar-refractivity contribution is 7.89. The summed E-state index contributed by atoms with van der Waals surface area (Å²) in [6.45, 7) is 3.47. The third-order valence-corrected chi connectivity index (χ3v) is 5.57. The molecule has 1 aromatic rings. The SMILES string of the molecule is CN(CCN1CCCC1)S(=O)(=O)c1ccc(Cl)cc1. The van der Waals surface area contributed by atoms with Crippen LogP contribution >= 0.6 is 11.6 Å². The highest BCUT2D eigenvalue weighted by Gasteiger charge is 2.21. The van der Waals surface area contributed by atoms with Crippen molar-refractivity contribution in [2.24, 2.45) is 0 Å². The van der Waals surface area contributed by atoms with Crippen LogP contribution in [-0.2, 0) is 10.0 Å². The lowest BCUT2D eigenvalue weighted by molar-refractivity contribution is 0.310. The molecule has 1 aliphatic heterocycles. The molecule has 106 valence electrons. The Balaban J connectivity index is 1.99. The highest BCUT2D eigenvalue weighted by Crippen LogP contribution is 2.17. The minimum Gasteiger partial charge on any atom is -0.302 e. The van der Waals surface area contributed by atoms with Crippen LogP contribution in [0.2, 0.25) is 5.02 Å². The number of hydrogen-bond donors (Lipinski definition) is 0. The maximum Gasteiger partial charge on any atom is 0.242 e. The molecule has 0 amide bonds. The van der Waals surface area contributed by atoms with Gasteiger partial charge in [-0.25, -0.2) is 8.42 Å². The highest BCUT2D eigenvalue weighted by atomic mass is 35.5. The first-order chi connectivity index (χ1) is 9.00. The molecule has 0 bridgehead atoms. The van der Waals surface area contributed by atoms with Gasteiger partial charge in [-0.3, -0.25) is 0 Å². The molecule has 1 aliphatic rings. The van der Waals surface area contributed by atoms with Crippen LogP contribution in [0.3, 0.4) is 0 Å². The molecule has 0 unspecified atom stereocenters. The maximum absolute atomic E-state index is 12.3. The fraction of sp³-hybridized carbons (Fsp3) is 0.538. The van der Waals surface area contributed by atoms with Crippen molar-refractivity contribution in [3.05, 3.63) is 29.3 Å². The predicted molar refractivity (Wildman–Crippen MR) is 76.9 cm³/mol. The molecular formula is C13H19ClN2O2S. The third kappa shape index (κ3) is 3.69. The van der Waals surface area contributed by atoms with Gasteiger partial charge in [0.05, 0.1) is 4.90 Å². The van der Waals surface area contributed by atoms with Gasteiger partial charge in [-0.2, -0.15) is 4.31 Å². The van der Waals surface area contributed by atoms with Crippen molar-refractivity contribution >= 4 is 21.6 Å². The van der Waals surface area contributed by atoms with Crippen LogP contribution in [0.1, 0.15) is 12.8 Å². The molecule has 4 nitrogen and oxygen atoms in total. The summed E-state index contributed by atoms with van der Waals surface area (Å²) in [6, 6.07) is 6.29. The van der Waals surface area contributed by atoms with E-state index in [1.54, 1.807) is 31.3 Å². The Morgan fingerprint density at radius 1 is 1.21 bits per heavy atom. The zero-order chi connectivity index (χ0) is 13.9. The van der Waals surface area contributed by atoms with Crippen LogP contribution in [0.4, 0.5) is 0 Å². The van der Waals surface area contributed by atoms with Crippen LogP contribution < -0.4 is 0 Å². The Labute approximate surface area is 120 Å². The van der Waals surface area contributed by atoms with E-state index in [1.165, 1.54) is 17.1 Å². The Morgan fingerprint density at radius 2 is 1.79 bits per heavy atom. The second-order valence-corrected chi connectivity index (χ2v) is 7.31. The fourth-order valence-corrected chi connectivity index (χ4v) is 3.48. The molecule has 6 heteroatoms. The van der Waals surface area contributed by atoms with Gasteiger partial charge in [0.25, 0.3) is 0 Å². The van der Waals surface area contributed by atoms with Crippen LogP contribution in [0, 0.1) is 0 Å². The number of rotatable bonds is 5. The number of hydrogen-bond acceptors (Lipinski definition) is 3. The number of likely N-dealkylation sites (N-methyl/N-ethyl adjacent to an activating group) is 1. The lowest BCUT2D eigenvalue weighted by Gasteiger charge is -2.21. The summed E-state index contributed by atoms with van der Waals surface area (Å²) in [7, 11) is -1.77. The summed E-state index contributed by atoms with van der Waals surface area (Å²) in [4.78, 5) is 2.59. The van der Waals surface area contributed by atoms with Crippen LogP contribution in [0.25, 0.3) is 0 Å². The van der Waals surface area contributed by atoms with Crippen molar-refractivity contribution in [3.63, 3.8) is 0 Å². The summed E-state index contributed by atoms with van der Waals surface area (Å²) >= 11 is 5.77. The lowest BCUT2D eigenvalue weighted by Crippen LogP contribution is -2.35. The van der Waals surface area contributed by atoms with E-state index in [2.05, 4.69) is 4.90 Å². The van der Waals surface area contributed by atoms with Crippen molar-refractivity contribution in [2.75, 3.05) is 33.2 Å². The normalized spacial score (nSPS) is 17.2. The fourth-order valence-electron chi connectivity index (χ4n) is 2.20. The van der Waals surface area contributed by atoms with Crippen LogP contribution in [0.15, 0.2) is 29.2 Å². The number of halogens is 1. The molecular weight excluding hydrogens is 284 g/mol. The molecule has 1 fully saturated rings. The minimum atomic E-state index is -3.40. The van der Waals surface area contributed by atoms with Crippen molar-refractivity contribution < 1.29 is 8.42 Å². The van der Waals surface area contributed by atoms with E-state index in [1.807, 2.05) is 0 Å². The van der Waals surface area contributed by atoms with Crippen LogP contribution in [-0.4, -0.2) is 50.8 Å². The van der Waals surface area contributed by atoms with E-state index in [0.717, 1.165) is 19.6 Å². The standard InChI is InChI=1S/C13H19ClN2O2S/c1-15(10-11-16-8-2-3-9-16)19(17,18)13-6-4-12(14)5-7-13/h4-7H,2-3,8-11H2,1H3. The Kier molecular flexibility index (Phi) is 4.84. The van der Waals surface area contributed by atoms with Gasteiger partial charge in [0.15, 0.2) is 0 Å². The quantitative estimate of drug-likeness (QED) is 0.836. The van der Waals surface area contributed by atoms with E-state index in [9.17, 15) is 8.42 Å². The molecule has 0 saturated carbocycles. The number of benzene rings is 1. The minimum absolute atomic E-state index is 0.292. The molecule has 0 radical (unpaired) electrons. The molecule has 0 aromatic heterocycles. The summed E-state index contributed by atoms with van der Waals surface area (Å²) in [5.74, 6) is 0. The first-order valence-electron chi connectivity index (χ1n) is 6.44. The summed E-state index contributed by atoms with van der Waals surface area (Å²) in [5, 5.41) is 0.540. The van der Waals surface area contributed by atoms with Gasteiger partial charge in [0.2, 0.25) is 10.0 Å². The second kappa shape index (κ2) is 6.22. The molecule has 2 rings (SSSR count). The van der Waals surface area contributed by atoms with E-state index in [4.69, 9.17) is 11.6 Å². The Hall–Kier alpha value is -0.620. The summed E-state index contributed by atoms with van der Waals surface area (Å²) in [5.41, 5.74) is 0. The molecule has 0 atom stereocenters. The molecule has 1 saturated heterocycles. The Morgan fingerprint density at radius 3 is 2.37 bits per heavy atom. The van der Waals surface area contributed by atoms with Gasteiger partial charge >= 0.3 is 0 Å². The smallest absolute Gasteiger partial charge is 0.242 e. The van der Waals surface area contributed by atoms with Gasteiger partial charge < -0.3 is 4.90 Å². The third-order valence-electron chi connectivity index (χ3n) is 3.45. The van der Waals surface area contributed by atoms with Gasteiger partial charge in [0, 0.05) is 25.2 Å². The van der Waals surface area contributed by atoms with E-state index < -0.39 is 10.0 Å². The van der Waals surface area contributed by atoms with E-state index >= 15 is 0 Å². The van der Waals surface area contributed by atoms with Crippen molar-refractivity contribution in [3.8, 4) is 0 Å². The zero-order valence-electron chi connectivity index (χ0n) is 11.0. The topological polar surface area (TPSA) is 40.6 Å². The Bertz CT molecular complexity index is 510. The first-order valence-corrected chi connectivity index (χ1v) is 8.26. The summed E-state index contributed by atoms with van der Waals surface area (Å²) in [6.07, 6.45) is 2.43. The van der Waals surface area contributed by atoms with Gasteiger partial charge in [-0.1, -0.05) is 11.6 Å². The second-order valence-electron chi connectivity index (χ2n) is 4.83. The molecule has 0 aliphatic carbocycles. The number of nitrogens with zero attached hydrogens (tertiary/aromatic N) is 2. The van der Waals surface area contributed by atoms with Crippen molar-refractivity contribution in [1.82, 2.24) is 9.21 Å². The average Bonchev–Trinajstić information content (AvgIpc) is 2.89. The zero-order valence-corrected chi connectivity index (χ0v) is 12.6. The van der Waals surface area contributed by atoms with E-state index in [-0.39, 0.29) is 0 Å². The molecule has 1 aromatic carbocycles. The molecule has 1 heterocycles. The molecule has 19 heavy (non-hydrogen) atoms. The number of sulfonamides is 1. The predicted octanol–water partition coefficient (Wildman–Crippen LogP) is 2.06. The van der Waals surface area contributed by atoms with Crippen LogP contribution in [0.5, 0.6) is 0 Å². The first kappa shape index (κ1) is 14.8. The van der Waals surface area contributed by atoms with Crippen molar-refractivity contribution in [1.29, 1.82) is 0 Å². The summed E-state index contributed by atoms with van der Waals surface area (Å²) < 4.78 is 26.0.